The second-order valence-corrected chi connectivity index (χ2v) is 13.5. The second-order valence-electron chi connectivity index (χ2n) is 13.5. The Labute approximate surface area is 250 Å². The maximum Gasteiger partial charge on any atom is 0.317 e. The van der Waals surface area contributed by atoms with Gasteiger partial charge in [0.15, 0.2) is 5.82 Å². The number of allylic oxidation sites excluding steroid dienone is 3. The monoisotopic (exact) mass is 588 g/mol. The van der Waals surface area contributed by atoms with Crippen LogP contribution in [0.15, 0.2) is 29.6 Å². The lowest BCUT2D eigenvalue weighted by Gasteiger charge is -2.30. The fourth-order valence-electron chi connectivity index (χ4n) is 8.97. The van der Waals surface area contributed by atoms with Gasteiger partial charge in [0.1, 0.15) is 0 Å². The number of carbonyl (C=O) groups excluding carboxylic acids is 1. The van der Waals surface area contributed by atoms with Crippen molar-refractivity contribution >= 4 is 17.4 Å². The van der Waals surface area contributed by atoms with Crippen LogP contribution in [0.1, 0.15) is 67.8 Å². The van der Waals surface area contributed by atoms with Crippen molar-refractivity contribution in [2.24, 2.45) is 30.2 Å². The predicted molar refractivity (Wildman–Crippen MR) is 156 cm³/mol. The van der Waals surface area contributed by atoms with Crippen LogP contribution in [0.2, 0.25) is 0 Å². The zero-order chi connectivity index (χ0) is 29.6. The van der Waals surface area contributed by atoms with Crippen LogP contribution < -0.4 is 10.2 Å². The summed E-state index contributed by atoms with van der Waals surface area (Å²) in [6.07, 6.45) is 10.7. The van der Waals surface area contributed by atoms with E-state index in [1.165, 1.54) is 5.69 Å². The number of halogens is 2. The molecular formula is C32H38F2N8O. The Morgan fingerprint density at radius 2 is 2.05 bits per heavy atom. The third-order valence-electron chi connectivity index (χ3n) is 11.3. The summed E-state index contributed by atoms with van der Waals surface area (Å²) in [5.41, 5.74) is 4.89. The predicted octanol–water partition coefficient (Wildman–Crippen LogP) is 4.83. The topological polar surface area (TPSA) is 95.0 Å². The van der Waals surface area contributed by atoms with Gasteiger partial charge in [-0.2, -0.15) is 15.5 Å². The summed E-state index contributed by atoms with van der Waals surface area (Å²) in [7, 11) is 3.47. The lowest BCUT2D eigenvalue weighted by atomic mass is 9.80. The summed E-state index contributed by atoms with van der Waals surface area (Å²) in [4.78, 5) is 16.9. The summed E-state index contributed by atoms with van der Waals surface area (Å²) >= 11 is 0. The van der Waals surface area contributed by atoms with E-state index in [4.69, 9.17) is 5.10 Å². The smallest absolute Gasteiger partial charge is 0.317 e. The van der Waals surface area contributed by atoms with E-state index in [2.05, 4.69) is 32.1 Å². The number of nitrogens with one attached hydrogen (secondary N) is 1. The van der Waals surface area contributed by atoms with Crippen molar-refractivity contribution in [2.75, 3.05) is 25.0 Å². The fourth-order valence-corrected chi connectivity index (χ4v) is 8.97. The standard InChI is InChI=1S/C32H38F2N8O/c1-36-31(43)40-11-7-23-22(17-40)30(38-42(23)24-13-32(24)8-5-18(14-35)6-9-32)41-10-3-4-19-12-21(20-15-37-39(2)16-20)26(29(33)34)27-25(19)28(27)41/h12,15-16,18-19,24-25,28-29H,3-11,13,17H2,1-2H3,(H,36,43)/t18?,19?,24-,25?,28?,32?/m1/s1. The summed E-state index contributed by atoms with van der Waals surface area (Å²) < 4.78 is 33.6. The number of hydrogen-bond acceptors (Lipinski definition) is 5. The third kappa shape index (κ3) is 4.08. The molecule has 8 rings (SSSR count). The first kappa shape index (κ1) is 26.9. The largest absolute Gasteiger partial charge is 0.347 e. The molecule has 2 aromatic heterocycles. The first-order valence-electron chi connectivity index (χ1n) is 15.8. The minimum atomic E-state index is -2.57. The number of alkyl halides is 2. The SMILES string of the molecule is CNC(=O)N1CCc2c(c(N3CCCC4C=C(c5cnn(C)c5)C(C(F)F)=C5C4C53)nn2[C@@H]2CC23CCC(C#N)CC3)C1. The molecule has 1 spiro atoms. The summed E-state index contributed by atoms with van der Waals surface area (Å²) in [5.74, 6) is 1.31. The van der Waals surface area contributed by atoms with E-state index in [-0.39, 0.29) is 40.8 Å². The Morgan fingerprint density at radius 3 is 2.74 bits per heavy atom. The van der Waals surface area contributed by atoms with E-state index in [1.807, 2.05) is 18.1 Å². The highest BCUT2D eigenvalue weighted by atomic mass is 19.3. The molecule has 1 N–H and O–H groups in total. The van der Waals surface area contributed by atoms with Crippen molar-refractivity contribution in [1.29, 1.82) is 5.26 Å². The fraction of sp³-hybridized carbons (Fsp3) is 0.625. The number of fused-ring (bicyclic) bond motifs is 2. The highest BCUT2D eigenvalue weighted by Crippen LogP contribution is 2.66. The molecule has 1 saturated heterocycles. The van der Waals surface area contributed by atoms with Crippen molar-refractivity contribution in [3.05, 3.63) is 46.4 Å². The van der Waals surface area contributed by atoms with Crippen LogP contribution in [0.4, 0.5) is 19.4 Å². The molecule has 0 bridgehead atoms. The van der Waals surface area contributed by atoms with Gasteiger partial charge < -0.3 is 15.1 Å². The first-order chi connectivity index (χ1) is 20.8. The molecule has 4 atom stereocenters. The van der Waals surface area contributed by atoms with Gasteiger partial charge in [0.2, 0.25) is 0 Å². The Morgan fingerprint density at radius 1 is 1.23 bits per heavy atom. The van der Waals surface area contributed by atoms with Crippen LogP contribution in [0.5, 0.6) is 0 Å². The number of nitrogens with zero attached hydrogens (tertiary/aromatic N) is 7. The molecule has 0 radical (unpaired) electrons. The zero-order valence-corrected chi connectivity index (χ0v) is 24.8. The molecule has 2 amide bonds. The molecular weight excluding hydrogens is 550 g/mol. The normalized spacial score (nSPS) is 32.7. The maximum absolute atomic E-state index is 14.8. The molecule has 9 nitrogen and oxygen atoms in total. The van der Waals surface area contributed by atoms with Gasteiger partial charge in [-0.05, 0) is 67.4 Å². The van der Waals surface area contributed by atoms with Gasteiger partial charge in [-0.3, -0.25) is 9.36 Å². The van der Waals surface area contributed by atoms with E-state index in [0.29, 0.717) is 24.7 Å². The van der Waals surface area contributed by atoms with Crippen molar-refractivity contribution in [2.45, 2.75) is 76.4 Å². The van der Waals surface area contributed by atoms with E-state index < -0.39 is 6.43 Å². The van der Waals surface area contributed by atoms with E-state index in [1.54, 1.807) is 17.9 Å². The number of anilines is 1. The maximum atomic E-state index is 14.8. The lowest BCUT2D eigenvalue weighted by Crippen LogP contribution is -2.42. The average molecular weight is 589 g/mol. The number of carbonyl (C=O) groups is 1. The van der Waals surface area contributed by atoms with Gasteiger partial charge >= 0.3 is 6.03 Å². The molecule has 3 saturated carbocycles. The quantitative estimate of drug-likeness (QED) is 0.552. The molecule has 0 aromatic carbocycles. The second kappa shape index (κ2) is 9.66. The Kier molecular flexibility index (Phi) is 6.05. The minimum absolute atomic E-state index is 0.0693. The van der Waals surface area contributed by atoms with Crippen LogP contribution in [0.25, 0.3) is 5.57 Å². The Balaban J connectivity index is 1.18. The van der Waals surface area contributed by atoms with Crippen molar-refractivity contribution < 1.29 is 13.6 Å². The van der Waals surface area contributed by atoms with E-state index >= 15 is 0 Å². The van der Waals surface area contributed by atoms with E-state index in [9.17, 15) is 18.8 Å². The third-order valence-corrected chi connectivity index (χ3v) is 11.3. The molecule has 2 aromatic rings. The number of aromatic nitrogens is 4. The van der Waals surface area contributed by atoms with Crippen LogP contribution in [-0.2, 0) is 20.0 Å². The zero-order valence-electron chi connectivity index (χ0n) is 24.8. The van der Waals surface area contributed by atoms with Crippen LogP contribution in [0.3, 0.4) is 0 Å². The first-order valence-corrected chi connectivity index (χ1v) is 15.8. The van der Waals surface area contributed by atoms with Crippen molar-refractivity contribution in [1.82, 2.24) is 29.8 Å². The molecule has 226 valence electrons. The van der Waals surface area contributed by atoms with Crippen molar-refractivity contribution in [3.63, 3.8) is 0 Å². The van der Waals surface area contributed by atoms with Gasteiger partial charge in [0, 0.05) is 74.0 Å². The summed E-state index contributed by atoms with van der Waals surface area (Å²) in [6, 6.07) is 2.55. The molecule has 6 aliphatic rings. The van der Waals surface area contributed by atoms with Gasteiger partial charge in [0.25, 0.3) is 6.43 Å². The molecule has 4 aliphatic carbocycles. The minimum Gasteiger partial charge on any atom is -0.347 e. The number of amides is 2. The molecule has 4 heterocycles. The number of hydrogen-bond donors (Lipinski definition) is 1. The molecule has 43 heavy (non-hydrogen) atoms. The van der Waals surface area contributed by atoms with Gasteiger partial charge in [-0.15, -0.1) is 0 Å². The summed E-state index contributed by atoms with van der Waals surface area (Å²) in [5, 5.41) is 21.8. The number of rotatable bonds is 4. The number of urea groups is 1. The number of aryl methyl sites for hydroxylation is 1. The molecule has 11 heteroatoms. The van der Waals surface area contributed by atoms with Crippen molar-refractivity contribution in [3.8, 4) is 6.07 Å². The Bertz CT molecular complexity index is 1590. The highest BCUT2D eigenvalue weighted by molar-refractivity contribution is 5.85. The highest BCUT2D eigenvalue weighted by Gasteiger charge is 2.60. The summed E-state index contributed by atoms with van der Waals surface area (Å²) in [6.45, 7) is 1.86. The van der Waals surface area contributed by atoms with Crippen LogP contribution in [0, 0.1) is 34.5 Å². The molecule has 2 aliphatic heterocycles. The van der Waals surface area contributed by atoms with Crippen LogP contribution in [-0.4, -0.2) is 63.1 Å². The average Bonchev–Trinajstić information content (AvgIpc) is 3.83. The number of nitriles is 1. The van der Waals surface area contributed by atoms with E-state index in [0.717, 1.165) is 80.4 Å². The molecule has 3 unspecified atom stereocenters. The lowest BCUT2D eigenvalue weighted by molar-refractivity contribution is 0.193. The van der Waals surface area contributed by atoms with Gasteiger partial charge in [-0.25, -0.2) is 13.6 Å². The van der Waals surface area contributed by atoms with Gasteiger partial charge in [0.05, 0.1) is 30.9 Å². The Hall–Kier alpha value is -3.68. The van der Waals surface area contributed by atoms with Gasteiger partial charge in [-0.1, -0.05) is 6.08 Å². The molecule has 4 fully saturated rings. The van der Waals surface area contributed by atoms with Crippen LogP contribution >= 0.6 is 0 Å².